The first-order chi connectivity index (χ1) is 8.15. The Kier molecular flexibility index (Phi) is 3.05. The third-order valence-corrected chi connectivity index (χ3v) is 2.44. The Bertz CT molecular complexity index is 449. The Morgan fingerprint density at radius 1 is 1.29 bits per heavy atom. The zero-order chi connectivity index (χ0) is 12.4. The normalized spacial score (nSPS) is 13.8. The minimum absolute atomic E-state index is 0.00215. The fraction of sp³-hybridized carbons (Fsp3) is 0.200. The molecule has 0 saturated heterocycles. The van der Waals surface area contributed by atoms with Crippen LogP contribution >= 0.6 is 0 Å². The van der Waals surface area contributed by atoms with E-state index in [1.165, 1.54) is 6.20 Å². The lowest BCUT2D eigenvalue weighted by Gasteiger charge is -2.30. The number of hydrazine groups is 1. The fourth-order valence-electron chi connectivity index (χ4n) is 1.67. The SMILES string of the molecule is Nc1ccc(NCCO)c2c1N(O)N(O)C=C2. The second kappa shape index (κ2) is 4.50. The van der Waals surface area contributed by atoms with Crippen LogP contribution in [-0.4, -0.2) is 33.8 Å². The number of nitrogen functional groups attached to an aromatic ring is 1. The van der Waals surface area contributed by atoms with Crippen LogP contribution < -0.4 is 16.2 Å². The third-order valence-electron chi connectivity index (χ3n) is 2.44. The quantitative estimate of drug-likeness (QED) is 0.487. The molecule has 0 saturated carbocycles. The van der Waals surface area contributed by atoms with E-state index in [1.54, 1.807) is 18.2 Å². The Hall–Kier alpha value is -1.96. The number of aliphatic hydroxyl groups excluding tert-OH is 1. The Labute approximate surface area is 97.9 Å². The van der Waals surface area contributed by atoms with Crippen LogP contribution in [0.2, 0.25) is 0 Å². The van der Waals surface area contributed by atoms with E-state index < -0.39 is 0 Å². The highest BCUT2D eigenvalue weighted by Crippen LogP contribution is 2.36. The van der Waals surface area contributed by atoms with Gasteiger partial charge in [0.15, 0.2) is 0 Å². The van der Waals surface area contributed by atoms with Crippen LogP contribution in [0.25, 0.3) is 6.08 Å². The summed E-state index contributed by atoms with van der Waals surface area (Å²) in [6.07, 6.45) is 2.89. The van der Waals surface area contributed by atoms with E-state index in [0.717, 1.165) is 0 Å². The average Bonchev–Trinajstić information content (AvgIpc) is 2.32. The number of rotatable bonds is 3. The summed E-state index contributed by atoms with van der Waals surface area (Å²) in [5.41, 5.74) is 7.72. The number of benzene rings is 1. The van der Waals surface area contributed by atoms with Gasteiger partial charge < -0.3 is 16.2 Å². The van der Waals surface area contributed by atoms with Crippen LogP contribution in [0.3, 0.4) is 0 Å². The highest BCUT2D eigenvalue weighted by Gasteiger charge is 2.22. The highest BCUT2D eigenvalue weighted by atomic mass is 16.7. The van der Waals surface area contributed by atoms with E-state index in [1.807, 2.05) is 0 Å². The lowest BCUT2D eigenvalue weighted by molar-refractivity contribution is -0.122. The summed E-state index contributed by atoms with van der Waals surface area (Å²) in [7, 11) is 0. The van der Waals surface area contributed by atoms with Gasteiger partial charge in [0, 0.05) is 17.8 Å². The van der Waals surface area contributed by atoms with Gasteiger partial charge in [-0.25, -0.2) is 0 Å². The van der Waals surface area contributed by atoms with Crippen molar-refractivity contribution in [2.75, 3.05) is 29.4 Å². The molecule has 0 aliphatic carbocycles. The fourth-order valence-corrected chi connectivity index (χ4v) is 1.67. The molecule has 1 aliphatic rings. The molecular formula is C10H14N4O3. The van der Waals surface area contributed by atoms with Crippen LogP contribution in [-0.2, 0) is 0 Å². The van der Waals surface area contributed by atoms with Gasteiger partial charge in [-0.15, -0.1) is 10.3 Å². The van der Waals surface area contributed by atoms with Crippen molar-refractivity contribution in [3.63, 3.8) is 0 Å². The summed E-state index contributed by atoms with van der Waals surface area (Å²) in [6.45, 7) is 0.385. The Morgan fingerprint density at radius 2 is 2.06 bits per heavy atom. The van der Waals surface area contributed by atoms with E-state index in [4.69, 9.17) is 10.8 Å². The monoisotopic (exact) mass is 238 g/mol. The molecule has 0 unspecified atom stereocenters. The summed E-state index contributed by atoms with van der Waals surface area (Å²) in [5, 5.41) is 31.8. The van der Waals surface area contributed by atoms with Crippen molar-refractivity contribution < 1.29 is 15.5 Å². The molecule has 17 heavy (non-hydrogen) atoms. The number of hydroxylamine groups is 1. The molecule has 0 fully saturated rings. The largest absolute Gasteiger partial charge is 0.397 e. The Morgan fingerprint density at radius 3 is 2.76 bits per heavy atom. The lowest BCUT2D eigenvalue weighted by atomic mass is 10.1. The molecule has 1 heterocycles. The van der Waals surface area contributed by atoms with Crippen molar-refractivity contribution in [2.24, 2.45) is 0 Å². The molecule has 1 aliphatic heterocycles. The van der Waals surface area contributed by atoms with E-state index in [0.29, 0.717) is 33.8 Å². The highest BCUT2D eigenvalue weighted by molar-refractivity contribution is 5.87. The van der Waals surface area contributed by atoms with E-state index in [-0.39, 0.29) is 12.3 Å². The van der Waals surface area contributed by atoms with Crippen molar-refractivity contribution in [3.05, 3.63) is 23.9 Å². The molecule has 2 rings (SSSR count). The second-order valence-corrected chi connectivity index (χ2v) is 3.54. The molecule has 6 N–H and O–H groups in total. The van der Waals surface area contributed by atoms with Gasteiger partial charge in [-0.1, -0.05) is 0 Å². The summed E-state index contributed by atoms with van der Waals surface area (Å²) in [6, 6.07) is 3.35. The number of anilines is 3. The van der Waals surface area contributed by atoms with Gasteiger partial charge in [0.1, 0.15) is 5.69 Å². The van der Waals surface area contributed by atoms with Gasteiger partial charge in [-0.05, 0) is 18.2 Å². The van der Waals surface area contributed by atoms with E-state index in [2.05, 4.69) is 5.32 Å². The molecule has 92 valence electrons. The first kappa shape index (κ1) is 11.5. The molecule has 1 aromatic rings. The zero-order valence-electron chi connectivity index (χ0n) is 9.04. The molecule has 7 nitrogen and oxygen atoms in total. The predicted octanol–water partition coefficient (Wildman–Crippen LogP) is 0.459. The van der Waals surface area contributed by atoms with Crippen molar-refractivity contribution in [1.82, 2.24) is 5.17 Å². The molecular weight excluding hydrogens is 224 g/mol. The maximum Gasteiger partial charge on any atom is 0.122 e. The van der Waals surface area contributed by atoms with Gasteiger partial charge in [0.2, 0.25) is 0 Å². The van der Waals surface area contributed by atoms with Crippen molar-refractivity contribution in [2.45, 2.75) is 0 Å². The number of aliphatic hydroxyl groups is 1. The maximum atomic E-state index is 9.66. The van der Waals surface area contributed by atoms with E-state index in [9.17, 15) is 10.4 Å². The molecule has 0 aromatic heterocycles. The standard InChI is InChI=1S/C10H14N4O3/c11-8-1-2-9(12-4-6-15)7-3-5-13(16)14(17)10(7)8/h1-3,5,12,15-17H,4,6,11H2. The number of hydrogen-bond donors (Lipinski definition) is 5. The van der Waals surface area contributed by atoms with Gasteiger partial charge in [-0.3, -0.25) is 10.4 Å². The van der Waals surface area contributed by atoms with Crippen LogP contribution in [0.5, 0.6) is 0 Å². The number of nitrogens with zero attached hydrogens (tertiary/aromatic N) is 2. The molecule has 0 atom stereocenters. The van der Waals surface area contributed by atoms with Gasteiger partial charge in [0.05, 0.1) is 18.5 Å². The van der Waals surface area contributed by atoms with Crippen LogP contribution in [0, 0.1) is 0 Å². The molecule has 0 radical (unpaired) electrons. The molecule has 0 amide bonds. The van der Waals surface area contributed by atoms with Gasteiger partial charge >= 0.3 is 0 Å². The van der Waals surface area contributed by atoms with Crippen molar-refractivity contribution in [1.29, 1.82) is 0 Å². The number of fused-ring (bicyclic) bond motifs is 1. The van der Waals surface area contributed by atoms with Crippen molar-refractivity contribution >= 4 is 23.1 Å². The topological polar surface area (TPSA) is 105 Å². The smallest absolute Gasteiger partial charge is 0.122 e. The van der Waals surface area contributed by atoms with Crippen LogP contribution in [0.4, 0.5) is 17.1 Å². The molecule has 0 spiro atoms. The van der Waals surface area contributed by atoms with Crippen LogP contribution in [0.15, 0.2) is 18.3 Å². The first-order valence-electron chi connectivity index (χ1n) is 5.07. The molecule has 7 heteroatoms. The van der Waals surface area contributed by atoms with E-state index >= 15 is 0 Å². The average molecular weight is 238 g/mol. The summed E-state index contributed by atoms with van der Waals surface area (Å²) < 4.78 is 0. The third kappa shape index (κ3) is 1.98. The van der Waals surface area contributed by atoms with Crippen molar-refractivity contribution in [3.8, 4) is 0 Å². The lowest BCUT2D eigenvalue weighted by Crippen LogP contribution is -2.36. The summed E-state index contributed by atoms with van der Waals surface area (Å²) >= 11 is 0. The maximum absolute atomic E-state index is 9.66. The predicted molar refractivity (Wildman–Crippen MR) is 63.4 cm³/mol. The minimum atomic E-state index is -0.00215. The minimum Gasteiger partial charge on any atom is -0.397 e. The second-order valence-electron chi connectivity index (χ2n) is 3.54. The van der Waals surface area contributed by atoms with Gasteiger partial charge in [0.25, 0.3) is 0 Å². The summed E-state index contributed by atoms with van der Waals surface area (Å²) in [5.74, 6) is 0. The zero-order valence-corrected chi connectivity index (χ0v) is 9.04. The van der Waals surface area contributed by atoms with Gasteiger partial charge in [-0.2, -0.15) is 0 Å². The molecule has 1 aromatic carbocycles. The number of hydrogen-bond acceptors (Lipinski definition) is 7. The Balaban J connectivity index is 2.45. The summed E-state index contributed by atoms with van der Waals surface area (Å²) in [4.78, 5) is 0. The number of nitrogens with one attached hydrogen (secondary N) is 1. The number of nitrogens with two attached hydrogens (primary N) is 1. The molecule has 0 bridgehead atoms. The van der Waals surface area contributed by atoms with Crippen LogP contribution in [0.1, 0.15) is 5.56 Å². The first-order valence-corrected chi connectivity index (χ1v) is 5.07.